The lowest BCUT2D eigenvalue weighted by molar-refractivity contribution is 0.0994. The van der Waals surface area contributed by atoms with Crippen LogP contribution in [0.3, 0.4) is 0 Å². The first kappa shape index (κ1) is 16.6. The van der Waals surface area contributed by atoms with E-state index in [0.717, 1.165) is 16.7 Å². The van der Waals surface area contributed by atoms with Crippen LogP contribution in [0.5, 0.6) is 5.75 Å². The Morgan fingerprint density at radius 3 is 2.56 bits per heavy atom. The van der Waals surface area contributed by atoms with Crippen molar-refractivity contribution in [2.45, 2.75) is 61.9 Å². The first-order valence-electron chi connectivity index (χ1n) is 9.06. The number of carbonyl (C=O) groups is 1. The van der Waals surface area contributed by atoms with E-state index in [1.807, 2.05) is 38.1 Å². The SMILES string of the molecule is CCOc1ccc(C(=O)C(C)Sc2nnc(C3CC3)n2C2CC2)cc1. The van der Waals surface area contributed by atoms with Crippen LogP contribution in [0.25, 0.3) is 0 Å². The van der Waals surface area contributed by atoms with Gasteiger partial charge in [0.05, 0.1) is 11.9 Å². The van der Waals surface area contributed by atoms with Crippen LogP contribution < -0.4 is 4.74 Å². The molecule has 0 N–H and O–H groups in total. The second kappa shape index (κ2) is 6.83. The minimum absolute atomic E-state index is 0.117. The molecule has 25 heavy (non-hydrogen) atoms. The van der Waals surface area contributed by atoms with E-state index in [0.29, 0.717) is 24.1 Å². The number of carbonyl (C=O) groups excluding carboxylic acids is 1. The van der Waals surface area contributed by atoms with Crippen molar-refractivity contribution in [1.82, 2.24) is 14.8 Å². The molecular weight excluding hydrogens is 334 g/mol. The Morgan fingerprint density at radius 2 is 1.96 bits per heavy atom. The lowest BCUT2D eigenvalue weighted by Gasteiger charge is -2.12. The molecule has 1 unspecified atom stereocenters. The van der Waals surface area contributed by atoms with Crippen LogP contribution in [0.2, 0.25) is 0 Å². The molecule has 2 aliphatic carbocycles. The number of aromatic nitrogens is 3. The normalized spacial score (nSPS) is 18.2. The molecule has 4 rings (SSSR count). The zero-order chi connectivity index (χ0) is 17.4. The molecule has 1 aromatic heterocycles. The molecule has 0 spiro atoms. The maximum absolute atomic E-state index is 12.7. The minimum Gasteiger partial charge on any atom is -0.494 e. The van der Waals surface area contributed by atoms with Gasteiger partial charge in [0.25, 0.3) is 0 Å². The van der Waals surface area contributed by atoms with Gasteiger partial charge in [0.15, 0.2) is 10.9 Å². The Bertz CT molecular complexity index is 763. The van der Waals surface area contributed by atoms with Gasteiger partial charge in [-0.25, -0.2) is 0 Å². The van der Waals surface area contributed by atoms with Crippen LogP contribution in [-0.4, -0.2) is 32.4 Å². The third kappa shape index (κ3) is 3.59. The summed E-state index contributed by atoms with van der Waals surface area (Å²) in [5.74, 6) is 2.62. The topological polar surface area (TPSA) is 57.0 Å². The van der Waals surface area contributed by atoms with Crippen molar-refractivity contribution in [1.29, 1.82) is 0 Å². The summed E-state index contributed by atoms with van der Waals surface area (Å²) < 4.78 is 7.73. The summed E-state index contributed by atoms with van der Waals surface area (Å²) in [6.45, 7) is 4.52. The number of ketones is 1. The molecule has 5 nitrogen and oxygen atoms in total. The summed E-state index contributed by atoms with van der Waals surface area (Å²) in [6, 6.07) is 7.93. The molecule has 132 valence electrons. The number of rotatable bonds is 8. The lowest BCUT2D eigenvalue weighted by atomic mass is 10.1. The van der Waals surface area contributed by atoms with Crippen molar-refractivity contribution in [3.63, 3.8) is 0 Å². The van der Waals surface area contributed by atoms with Crippen LogP contribution >= 0.6 is 11.8 Å². The van der Waals surface area contributed by atoms with Gasteiger partial charge in [0, 0.05) is 17.5 Å². The predicted molar refractivity (Wildman–Crippen MR) is 97.5 cm³/mol. The van der Waals surface area contributed by atoms with Crippen molar-refractivity contribution in [3.8, 4) is 5.75 Å². The van der Waals surface area contributed by atoms with Gasteiger partial charge in [-0.3, -0.25) is 4.79 Å². The number of thioether (sulfide) groups is 1. The second-order valence-corrected chi connectivity index (χ2v) is 8.11. The van der Waals surface area contributed by atoms with E-state index in [1.54, 1.807) is 0 Å². The van der Waals surface area contributed by atoms with E-state index in [2.05, 4.69) is 14.8 Å². The van der Waals surface area contributed by atoms with Gasteiger partial charge >= 0.3 is 0 Å². The van der Waals surface area contributed by atoms with Crippen molar-refractivity contribution < 1.29 is 9.53 Å². The number of benzene rings is 1. The number of hydrogen-bond donors (Lipinski definition) is 0. The van der Waals surface area contributed by atoms with E-state index >= 15 is 0 Å². The average molecular weight is 357 g/mol. The number of Topliss-reactive ketones (excluding diaryl/α,β-unsaturated/α-hetero) is 1. The molecule has 2 saturated carbocycles. The highest BCUT2D eigenvalue weighted by Crippen LogP contribution is 2.46. The summed E-state index contributed by atoms with van der Waals surface area (Å²) in [6.07, 6.45) is 4.84. The van der Waals surface area contributed by atoms with Gasteiger partial charge in [-0.2, -0.15) is 0 Å². The Labute approximate surface area is 152 Å². The minimum atomic E-state index is -0.188. The molecule has 0 aliphatic heterocycles. The van der Waals surface area contributed by atoms with Crippen LogP contribution in [0.4, 0.5) is 0 Å². The third-order valence-corrected chi connectivity index (χ3v) is 5.70. The third-order valence-electron chi connectivity index (χ3n) is 4.65. The van der Waals surface area contributed by atoms with Crippen LogP contribution in [0.15, 0.2) is 29.4 Å². The molecular formula is C19H23N3O2S. The molecule has 2 fully saturated rings. The van der Waals surface area contributed by atoms with Gasteiger partial charge in [-0.05, 0) is 63.8 Å². The molecule has 6 heteroatoms. The highest BCUT2D eigenvalue weighted by molar-refractivity contribution is 8.00. The van der Waals surface area contributed by atoms with E-state index in [4.69, 9.17) is 4.74 Å². The highest BCUT2D eigenvalue weighted by atomic mass is 32.2. The molecule has 1 atom stereocenters. The summed E-state index contributed by atoms with van der Waals surface area (Å²) in [5.41, 5.74) is 0.711. The molecule has 0 amide bonds. The van der Waals surface area contributed by atoms with Crippen LogP contribution in [-0.2, 0) is 0 Å². The second-order valence-electron chi connectivity index (χ2n) is 6.80. The summed E-state index contributed by atoms with van der Waals surface area (Å²) in [7, 11) is 0. The van der Waals surface area contributed by atoms with E-state index in [-0.39, 0.29) is 11.0 Å². The van der Waals surface area contributed by atoms with Gasteiger partial charge in [-0.15, -0.1) is 10.2 Å². The fourth-order valence-corrected chi connectivity index (χ4v) is 4.00. The fourth-order valence-electron chi connectivity index (χ4n) is 2.99. The van der Waals surface area contributed by atoms with Gasteiger partial charge in [0.2, 0.25) is 0 Å². The Balaban J connectivity index is 1.48. The number of hydrogen-bond acceptors (Lipinski definition) is 5. The molecule has 2 aromatic rings. The molecule has 1 aromatic carbocycles. The smallest absolute Gasteiger partial charge is 0.192 e. The lowest BCUT2D eigenvalue weighted by Crippen LogP contribution is -2.15. The average Bonchev–Trinajstić information content (AvgIpc) is 3.54. The molecule has 0 bridgehead atoms. The van der Waals surface area contributed by atoms with Crippen molar-refractivity contribution >= 4 is 17.5 Å². The first-order valence-corrected chi connectivity index (χ1v) is 9.94. The van der Waals surface area contributed by atoms with E-state index < -0.39 is 0 Å². The van der Waals surface area contributed by atoms with Crippen LogP contribution in [0.1, 0.15) is 67.7 Å². The first-order chi connectivity index (χ1) is 12.2. The molecule has 0 radical (unpaired) electrons. The Kier molecular flexibility index (Phi) is 4.54. The zero-order valence-corrected chi connectivity index (χ0v) is 15.5. The van der Waals surface area contributed by atoms with Crippen molar-refractivity contribution in [2.24, 2.45) is 0 Å². The van der Waals surface area contributed by atoms with Gasteiger partial charge < -0.3 is 9.30 Å². The van der Waals surface area contributed by atoms with Crippen molar-refractivity contribution in [2.75, 3.05) is 6.61 Å². The Morgan fingerprint density at radius 1 is 1.24 bits per heavy atom. The summed E-state index contributed by atoms with van der Waals surface area (Å²) in [5, 5.41) is 9.53. The largest absolute Gasteiger partial charge is 0.494 e. The Hall–Kier alpha value is -1.82. The van der Waals surface area contributed by atoms with Gasteiger partial charge in [0.1, 0.15) is 11.6 Å². The van der Waals surface area contributed by atoms with Gasteiger partial charge in [-0.1, -0.05) is 11.8 Å². The molecule has 2 aliphatic rings. The quantitative estimate of drug-likeness (QED) is 0.522. The van der Waals surface area contributed by atoms with Crippen molar-refractivity contribution in [3.05, 3.63) is 35.7 Å². The maximum Gasteiger partial charge on any atom is 0.192 e. The van der Waals surface area contributed by atoms with E-state index in [9.17, 15) is 4.79 Å². The summed E-state index contributed by atoms with van der Waals surface area (Å²) in [4.78, 5) is 12.7. The number of ether oxygens (including phenoxy) is 1. The molecule has 1 heterocycles. The van der Waals surface area contributed by atoms with E-state index in [1.165, 1.54) is 37.4 Å². The standard InChI is InChI=1S/C19H23N3O2S/c1-3-24-16-10-6-13(7-11-16)17(23)12(2)25-19-21-20-18(14-4-5-14)22(19)15-8-9-15/h6-7,10-12,14-15H,3-5,8-9H2,1-2H3. The number of nitrogens with zero attached hydrogens (tertiary/aromatic N) is 3. The summed E-state index contributed by atoms with van der Waals surface area (Å²) >= 11 is 1.53. The fraction of sp³-hybridized carbons (Fsp3) is 0.526. The molecule has 0 saturated heterocycles. The predicted octanol–water partition coefficient (Wildman–Crippen LogP) is 4.25. The highest BCUT2D eigenvalue weighted by Gasteiger charge is 2.37. The maximum atomic E-state index is 12.7. The monoisotopic (exact) mass is 357 g/mol. The zero-order valence-electron chi connectivity index (χ0n) is 14.6. The van der Waals surface area contributed by atoms with Crippen LogP contribution in [0, 0.1) is 0 Å².